The Bertz CT molecular complexity index is 384. The zero-order valence-corrected chi connectivity index (χ0v) is 9.02. The van der Waals surface area contributed by atoms with Crippen LogP contribution < -0.4 is 16.6 Å². The van der Waals surface area contributed by atoms with E-state index in [0.717, 1.165) is 12.1 Å². The van der Waals surface area contributed by atoms with E-state index in [9.17, 15) is 0 Å². The van der Waals surface area contributed by atoms with Gasteiger partial charge < -0.3 is 15.5 Å². The molecule has 5 nitrogen and oxygen atoms in total. The third kappa shape index (κ3) is 1.72. The van der Waals surface area contributed by atoms with Crippen molar-refractivity contribution >= 4 is 11.5 Å². The molecule has 0 aromatic carbocycles. The Balaban J connectivity index is 1.69. The van der Waals surface area contributed by atoms with Crippen molar-refractivity contribution in [1.29, 1.82) is 0 Å². The first-order valence-electron chi connectivity index (χ1n) is 5.70. The van der Waals surface area contributed by atoms with Gasteiger partial charge in [0.1, 0.15) is 5.82 Å². The van der Waals surface area contributed by atoms with E-state index >= 15 is 0 Å². The normalized spacial score (nSPS) is 31.7. The van der Waals surface area contributed by atoms with Crippen LogP contribution >= 0.6 is 0 Å². The molecule has 1 aromatic heterocycles. The predicted molar refractivity (Wildman–Crippen MR) is 62.0 cm³/mol. The molecule has 3 atom stereocenters. The summed E-state index contributed by atoms with van der Waals surface area (Å²) in [6, 6.07) is 4.30. The number of ether oxygens (including phenoxy) is 1. The largest absolute Gasteiger partial charge is 0.379 e. The average Bonchev–Trinajstić information content (AvgIpc) is 2.91. The summed E-state index contributed by atoms with van der Waals surface area (Å²) in [4.78, 5) is 4.07. The molecule has 0 radical (unpaired) electrons. The first-order chi connectivity index (χ1) is 7.85. The molecule has 2 aliphatic heterocycles. The zero-order chi connectivity index (χ0) is 11.0. The highest BCUT2D eigenvalue weighted by Crippen LogP contribution is 2.35. The maximum Gasteiger partial charge on any atom is 0.141 e. The maximum absolute atomic E-state index is 5.80. The fourth-order valence-electron chi connectivity index (χ4n) is 2.60. The van der Waals surface area contributed by atoms with Crippen LogP contribution in [0.5, 0.6) is 0 Å². The molecule has 4 N–H and O–H groups in total. The van der Waals surface area contributed by atoms with Gasteiger partial charge in [-0.15, -0.1) is 0 Å². The van der Waals surface area contributed by atoms with Crippen LogP contribution in [0.15, 0.2) is 18.3 Å². The first-order valence-corrected chi connectivity index (χ1v) is 5.70. The third-order valence-electron chi connectivity index (χ3n) is 3.37. The van der Waals surface area contributed by atoms with Crippen molar-refractivity contribution in [3.05, 3.63) is 18.3 Å². The van der Waals surface area contributed by atoms with Gasteiger partial charge in [0.2, 0.25) is 0 Å². The van der Waals surface area contributed by atoms with Gasteiger partial charge in [0.05, 0.1) is 18.2 Å². The summed E-state index contributed by atoms with van der Waals surface area (Å²) >= 11 is 0. The number of hydrazine groups is 1. The number of nitrogens with two attached hydrogens (primary N) is 1. The van der Waals surface area contributed by atoms with Crippen molar-refractivity contribution in [2.24, 2.45) is 5.84 Å². The number of nitrogen functional groups attached to an aromatic ring is 1. The number of hydrogen-bond donors (Lipinski definition) is 3. The van der Waals surface area contributed by atoms with Crippen LogP contribution in [0, 0.1) is 0 Å². The molecule has 2 fully saturated rings. The minimum absolute atomic E-state index is 0.382. The molecule has 3 rings (SSSR count). The number of anilines is 2. The molecule has 3 heterocycles. The Hall–Kier alpha value is -1.33. The summed E-state index contributed by atoms with van der Waals surface area (Å²) in [5.41, 5.74) is 3.59. The summed E-state index contributed by atoms with van der Waals surface area (Å²) in [5.74, 6) is 6.00. The van der Waals surface area contributed by atoms with Gasteiger partial charge in [-0.25, -0.2) is 10.8 Å². The molecule has 0 spiro atoms. The van der Waals surface area contributed by atoms with Gasteiger partial charge in [-0.2, -0.15) is 0 Å². The van der Waals surface area contributed by atoms with Gasteiger partial charge in [-0.1, -0.05) is 0 Å². The Morgan fingerprint density at radius 3 is 3.06 bits per heavy atom. The lowest BCUT2D eigenvalue weighted by Crippen LogP contribution is -2.30. The van der Waals surface area contributed by atoms with E-state index in [1.807, 2.05) is 12.1 Å². The molecule has 1 aromatic rings. The molecule has 0 aliphatic carbocycles. The van der Waals surface area contributed by atoms with Crippen LogP contribution in [0.3, 0.4) is 0 Å². The number of pyridine rings is 1. The fraction of sp³-hybridized carbons (Fsp3) is 0.545. The van der Waals surface area contributed by atoms with Crippen LogP contribution in [0.2, 0.25) is 0 Å². The van der Waals surface area contributed by atoms with Gasteiger partial charge in [-0.3, -0.25) is 0 Å². The van der Waals surface area contributed by atoms with E-state index in [-0.39, 0.29) is 0 Å². The van der Waals surface area contributed by atoms with Gasteiger partial charge in [-0.05, 0) is 25.3 Å². The molecular formula is C11H16N4O. The van der Waals surface area contributed by atoms with Crippen LogP contribution in [0.4, 0.5) is 11.5 Å². The van der Waals surface area contributed by atoms with Crippen LogP contribution in [0.1, 0.15) is 19.3 Å². The maximum atomic E-state index is 5.80. The monoisotopic (exact) mass is 220 g/mol. The van der Waals surface area contributed by atoms with E-state index in [1.54, 1.807) is 6.20 Å². The van der Waals surface area contributed by atoms with Crippen LogP contribution in [-0.4, -0.2) is 23.2 Å². The molecule has 2 aliphatic rings. The summed E-state index contributed by atoms with van der Waals surface area (Å²) < 4.78 is 5.80. The lowest BCUT2D eigenvalue weighted by molar-refractivity contribution is 0.102. The predicted octanol–water partition coefficient (Wildman–Crippen LogP) is 1.10. The highest BCUT2D eigenvalue weighted by atomic mass is 16.5. The Morgan fingerprint density at radius 1 is 1.44 bits per heavy atom. The van der Waals surface area contributed by atoms with Crippen molar-refractivity contribution in [2.45, 2.75) is 37.5 Å². The molecule has 2 saturated heterocycles. The summed E-state index contributed by atoms with van der Waals surface area (Å²) in [6.07, 6.45) is 6.10. The minimum Gasteiger partial charge on any atom is -0.379 e. The van der Waals surface area contributed by atoms with Crippen molar-refractivity contribution in [3.63, 3.8) is 0 Å². The quantitative estimate of drug-likeness (QED) is 0.525. The van der Waals surface area contributed by atoms with E-state index < -0.39 is 0 Å². The smallest absolute Gasteiger partial charge is 0.141 e. The number of nitrogens with one attached hydrogen (secondary N) is 2. The SMILES string of the molecule is NNc1cc(NC2CC3CCC2O3)ccn1. The van der Waals surface area contributed by atoms with E-state index in [1.165, 1.54) is 12.8 Å². The van der Waals surface area contributed by atoms with Gasteiger partial charge >= 0.3 is 0 Å². The molecule has 86 valence electrons. The minimum atomic E-state index is 0.382. The van der Waals surface area contributed by atoms with Gasteiger partial charge in [0.25, 0.3) is 0 Å². The van der Waals surface area contributed by atoms with Crippen molar-refractivity contribution in [1.82, 2.24) is 4.98 Å². The number of fused-ring (bicyclic) bond motifs is 2. The Labute approximate surface area is 94.4 Å². The second-order valence-corrected chi connectivity index (χ2v) is 4.43. The molecule has 16 heavy (non-hydrogen) atoms. The summed E-state index contributed by atoms with van der Waals surface area (Å²) in [6.45, 7) is 0. The average molecular weight is 220 g/mol. The second kappa shape index (κ2) is 3.92. The number of aromatic nitrogens is 1. The van der Waals surface area contributed by atoms with E-state index in [2.05, 4.69) is 15.7 Å². The lowest BCUT2D eigenvalue weighted by atomic mass is 9.95. The highest BCUT2D eigenvalue weighted by molar-refractivity contribution is 5.52. The highest BCUT2D eigenvalue weighted by Gasteiger charge is 2.40. The number of nitrogens with zero attached hydrogens (tertiary/aromatic N) is 1. The Morgan fingerprint density at radius 2 is 2.38 bits per heavy atom. The molecule has 3 unspecified atom stereocenters. The molecular weight excluding hydrogens is 204 g/mol. The second-order valence-electron chi connectivity index (χ2n) is 4.43. The molecule has 0 amide bonds. The molecule has 0 saturated carbocycles. The first kappa shape index (κ1) is 9.86. The fourth-order valence-corrected chi connectivity index (χ4v) is 2.60. The number of rotatable bonds is 3. The van der Waals surface area contributed by atoms with Crippen LogP contribution in [0.25, 0.3) is 0 Å². The van der Waals surface area contributed by atoms with Gasteiger partial charge in [0.15, 0.2) is 0 Å². The van der Waals surface area contributed by atoms with Crippen LogP contribution in [-0.2, 0) is 4.74 Å². The standard InChI is InChI=1S/C11H16N4O/c12-15-11-5-7(3-4-13-11)14-9-6-8-1-2-10(9)16-8/h3-5,8-10H,1-2,6,12H2,(H2,13,14,15). The lowest BCUT2D eigenvalue weighted by Gasteiger charge is -2.21. The topological polar surface area (TPSA) is 72.2 Å². The molecule has 5 heteroatoms. The van der Waals surface area contributed by atoms with Crippen molar-refractivity contribution in [2.75, 3.05) is 10.7 Å². The van der Waals surface area contributed by atoms with E-state index in [0.29, 0.717) is 24.1 Å². The Kier molecular flexibility index (Phi) is 2.41. The summed E-state index contributed by atoms with van der Waals surface area (Å²) in [7, 11) is 0. The summed E-state index contributed by atoms with van der Waals surface area (Å²) in [5, 5.41) is 3.49. The zero-order valence-electron chi connectivity index (χ0n) is 9.02. The molecule has 2 bridgehead atoms. The third-order valence-corrected chi connectivity index (χ3v) is 3.37. The van der Waals surface area contributed by atoms with Crippen molar-refractivity contribution < 1.29 is 4.74 Å². The van der Waals surface area contributed by atoms with Crippen molar-refractivity contribution in [3.8, 4) is 0 Å². The number of hydrogen-bond acceptors (Lipinski definition) is 5. The van der Waals surface area contributed by atoms with Gasteiger partial charge in [0, 0.05) is 18.0 Å². The van der Waals surface area contributed by atoms with E-state index in [4.69, 9.17) is 10.6 Å².